The van der Waals surface area contributed by atoms with E-state index in [1.807, 2.05) is 6.07 Å². The molecule has 1 aromatic carbocycles. The van der Waals surface area contributed by atoms with E-state index in [1.54, 1.807) is 7.11 Å². The summed E-state index contributed by atoms with van der Waals surface area (Å²) in [5, 5.41) is 3.46. The van der Waals surface area contributed by atoms with Crippen molar-refractivity contribution in [3.05, 3.63) is 29.8 Å². The molecule has 0 amide bonds. The summed E-state index contributed by atoms with van der Waals surface area (Å²) in [5.74, 6) is 0. The second-order valence-corrected chi connectivity index (χ2v) is 4.38. The Morgan fingerprint density at radius 3 is 3.06 bits per heavy atom. The van der Waals surface area contributed by atoms with Crippen molar-refractivity contribution in [3.63, 3.8) is 0 Å². The van der Waals surface area contributed by atoms with Crippen LogP contribution in [0.1, 0.15) is 12.0 Å². The van der Waals surface area contributed by atoms with E-state index in [1.165, 1.54) is 11.3 Å². The Labute approximate surface area is 108 Å². The molecule has 0 aromatic heterocycles. The SMILES string of the molecule is COCCc1ccccc1NCC1CCOCO1. The Morgan fingerprint density at radius 2 is 2.28 bits per heavy atom. The van der Waals surface area contributed by atoms with Crippen molar-refractivity contribution in [2.75, 3.05) is 39.0 Å². The van der Waals surface area contributed by atoms with Crippen LogP contribution in [-0.4, -0.2) is 39.8 Å². The lowest BCUT2D eigenvalue weighted by atomic mass is 10.1. The Bertz CT molecular complexity index is 351. The molecule has 0 saturated carbocycles. The number of rotatable bonds is 6. The summed E-state index contributed by atoms with van der Waals surface area (Å²) in [5.41, 5.74) is 2.45. The van der Waals surface area contributed by atoms with Crippen molar-refractivity contribution >= 4 is 5.69 Å². The molecule has 1 aliphatic heterocycles. The smallest absolute Gasteiger partial charge is 0.147 e. The number of anilines is 1. The van der Waals surface area contributed by atoms with Crippen molar-refractivity contribution in [1.82, 2.24) is 0 Å². The number of nitrogens with one attached hydrogen (secondary N) is 1. The first-order valence-electron chi connectivity index (χ1n) is 6.40. The molecule has 1 fully saturated rings. The molecule has 1 heterocycles. The summed E-state index contributed by atoms with van der Waals surface area (Å²) in [4.78, 5) is 0. The molecule has 1 atom stereocenters. The van der Waals surface area contributed by atoms with Crippen molar-refractivity contribution in [3.8, 4) is 0 Å². The first kappa shape index (κ1) is 13.3. The van der Waals surface area contributed by atoms with E-state index < -0.39 is 0 Å². The Kier molecular flexibility index (Phi) is 5.45. The van der Waals surface area contributed by atoms with Crippen LogP contribution in [-0.2, 0) is 20.6 Å². The maximum absolute atomic E-state index is 5.51. The standard InChI is InChI=1S/C14H21NO3/c1-16-8-6-12-4-2-3-5-14(12)15-10-13-7-9-17-11-18-13/h2-5,13,15H,6-11H2,1H3. The third-order valence-electron chi connectivity index (χ3n) is 3.08. The average Bonchev–Trinajstić information content (AvgIpc) is 2.45. The van der Waals surface area contributed by atoms with Gasteiger partial charge in [-0.15, -0.1) is 0 Å². The van der Waals surface area contributed by atoms with Gasteiger partial charge in [-0.1, -0.05) is 18.2 Å². The van der Waals surface area contributed by atoms with Gasteiger partial charge in [0.05, 0.1) is 19.3 Å². The van der Waals surface area contributed by atoms with E-state index in [0.29, 0.717) is 6.79 Å². The maximum Gasteiger partial charge on any atom is 0.147 e. The van der Waals surface area contributed by atoms with Crippen LogP contribution in [0.25, 0.3) is 0 Å². The predicted molar refractivity (Wildman–Crippen MR) is 70.8 cm³/mol. The van der Waals surface area contributed by atoms with E-state index in [9.17, 15) is 0 Å². The third-order valence-corrected chi connectivity index (χ3v) is 3.08. The second-order valence-electron chi connectivity index (χ2n) is 4.38. The van der Waals surface area contributed by atoms with Gasteiger partial charge in [0.1, 0.15) is 6.79 Å². The van der Waals surface area contributed by atoms with Crippen molar-refractivity contribution in [2.45, 2.75) is 18.9 Å². The van der Waals surface area contributed by atoms with Crippen molar-refractivity contribution < 1.29 is 14.2 Å². The minimum Gasteiger partial charge on any atom is -0.384 e. The largest absolute Gasteiger partial charge is 0.384 e. The zero-order chi connectivity index (χ0) is 12.6. The van der Waals surface area contributed by atoms with Crippen molar-refractivity contribution in [1.29, 1.82) is 0 Å². The molecule has 0 spiro atoms. The fourth-order valence-corrected chi connectivity index (χ4v) is 2.01. The lowest BCUT2D eigenvalue weighted by molar-refractivity contribution is -0.133. The van der Waals surface area contributed by atoms with Crippen LogP contribution >= 0.6 is 0 Å². The lowest BCUT2D eigenvalue weighted by Crippen LogP contribution is -2.30. The van der Waals surface area contributed by atoms with Gasteiger partial charge in [-0.05, 0) is 24.5 Å². The Hall–Kier alpha value is -1.10. The normalized spacial score (nSPS) is 19.7. The van der Waals surface area contributed by atoms with Crippen LogP contribution in [0.5, 0.6) is 0 Å². The summed E-state index contributed by atoms with van der Waals surface area (Å²) in [6.45, 7) is 2.77. The molecule has 1 N–H and O–H groups in total. The fraction of sp³-hybridized carbons (Fsp3) is 0.571. The van der Waals surface area contributed by atoms with Gasteiger partial charge in [-0.25, -0.2) is 0 Å². The van der Waals surface area contributed by atoms with E-state index in [4.69, 9.17) is 14.2 Å². The highest BCUT2D eigenvalue weighted by Gasteiger charge is 2.14. The molecule has 2 rings (SSSR count). The summed E-state index contributed by atoms with van der Waals surface area (Å²) < 4.78 is 15.8. The number of methoxy groups -OCH3 is 1. The van der Waals surface area contributed by atoms with Gasteiger partial charge in [0.25, 0.3) is 0 Å². The average molecular weight is 251 g/mol. The van der Waals surface area contributed by atoms with Crippen LogP contribution in [0, 0.1) is 0 Å². The van der Waals surface area contributed by atoms with Crippen molar-refractivity contribution in [2.24, 2.45) is 0 Å². The molecule has 18 heavy (non-hydrogen) atoms. The molecule has 0 bridgehead atoms. The Morgan fingerprint density at radius 1 is 1.39 bits per heavy atom. The van der Waals surface area contributed by atoms with Gasteiger partial charge < -0.3 is 19.5 Å². The fourth-order valence-electron chi connectivity index (χ4n) is 2.01. The highest BCUT2D eigenvalue weighted by atomic mass is 16.7. The summed E-state index contributed by atoms with van der Waals surface area (Å²) in [6, 6.07) is 8.33. The number of ether oxygens (including phenoxy) is 3. The van der Waals surface area contributed by atoms with Crippen LogP contribution in [0.15, 0.2) is 24.3 Å². The molecule has 0 aliphatic carbocycles. The lowest BCUT2D eigenvalue weighted by Gasteiger charge is -2.24. The first-order valence-corrected chi connectivity index (χ1v) is 6.40. The molecule has 1 saturated heterocycles. The third kappa shape index (κ3) is 3.98. The molecule has 0 radical (unpaired) electrons. The predicted octanol–water partition coefficient (Wildman–Crippen LogP) is 2.05. The van der Waals surface area contributed by atoms with Gasteiger partial charge in [-0.2, -0.15) is 0 Å². The highest BCUT2D eigenvalue weighted by molar-refractivity contribution is 5.51. The van der Waals surface area contributed by atoms with Crippen LogP contribution < -0.4 is 5.32 Å². The number of para-hydroxylation sites is 1. The first-order chi connectivity index (χ1) is 8.90. The van der Waals surface area contributed by atoms with E-state index in [-0.39, 0.29) is 6.10 Å². The minimum atomic E-state index is 0.245. The molecule has 1 aliphatic rings. The van der Waals surface area contributed by atoms with E-state index in [0.717, 1.165) is 32.6 Å². The number of benzene rings is 1. The van der Waals surface area contributed by atoms with E-state index in [2.05, 4.69) is 23.5 Å². The molecule has 4 nitrogen and oxygen atoms in total. The maximum atomic E-state index is 5.51. The second kappa shape index (κ2) is 7.36. The summed E-state index contributed by atoms with van der Waals surface area (Å²) in [6.07, 6.45) is 2.12. The van der Waals surface area contributed by atoms with Crippen LogP contribution in [0.4, 0.5) is 5.69 Å². The van der Waals surface area contributed by atoms with Gasteiger partial charge in [-0.3, -0.25) is 0 Å². The quantitative estimate of drug-likeness (QED) is 0.840. The molecular weight excluding hydrogens is 230 g/mol. The van der Waals surface area contributed by atoms with E-state index >= 15 is 0 Å². The van der Waals surface area contributed by atoms with Gasteiger partial charge in [0, 0.05) is 19.3 Å². The monoisotopic (exact) mass is 251 g/mol. The zero-order valence-corrected chi connectivity index (χ0v) is 10.9. The van der Waals surface area contributed by atoms with Crippen LogP contribution in [0.3, 0.4) is 0 Å². The topological polar surface area (TPSA) is 39.7 Å². The van der Waals surface area contributed by atoms with Crippen LogP contribution in [0.2, 0.25) is 0 Å². The number of hydrogen-bond donors (Lipinski definition) is 1. The number of hydrogen-bond acceptors (Lipinski definition) is 4. The Balaban J connectivity index is 1.87. The highest BCUT2D eigenvalue weighted by Crippen LogP contribution is 2.16. The van der Waals surface area contributed by atoms with Gasteiger partial charge >= 0.3 is 0 Å². The molecule has 1 aromatic rings. The summed E-state index contributed by atoms with van der Waals surface area (Å²) in [7, 11) is 1.73. The molecule has 4 heteroatoms. The van der Waals surface area contributed by atoms with Gasteiger partial charge in [0.15, 0.2) is 0 Å². The van der Waals surface area contributed by atoms with Gasteiger partial charge in [0.2, 0.25) is 0 Å². The molecule has 1 unspecified atom stereocenters. The molecular formula is C14H21NO3. The molecule has 100 valence electrons. The zero-order valence-electron chi connectivity index (χ0n) is 10.9. The minimum absolute atomic E-state index is 0.245. The summed E-state index contributed by atoms with van der Waals surface area (Å²) >= 11 is 0.